The van der Waals surface area contributed by atoms with Gasteiger partial charge in [-0.15, -0.1) is 0 Å². The van der Waals surface area contributed by atoms with Crippen LogP contribution in [0.2, 0.25) is 0 Å². The van der Waals surface area contributed by atoms with Crippen LogP contribution in [0.5, 0.6) is 0 Å². The van der Waals surface area contributed by atoms with Crippen LogP contribution in [0.1, 0.15) is 24.0 Å². The SMILES string of the molecule is O=C(CCc1c(-c2ccccc2)[nH]c(-c2ccccc2)c1C(F)(F)F)NC1CCNC1=O. The number of aromatic nitrogens is 1. The van der Waals surface area contributed by atoms with Gasteiger partial charge in [0.15, 0.2) is 0 Å². The summed E-state index contributed by atoms with van der Waals surface area (Å²) in [6, 6.07) is 16.4. The third-order valence-electron chi connectivity index (χ3n) is 5.50. The van der Waals surface area contributed by atoms with Crippen LogP contribution < -0.4 is 10.6 Å². The van der Waals surface area contributed by atoms with Gasteiger partial charge in [-0.3, -0.25) is 9.59 Å². The number of aromatic amines is 1. The molecular weight excluding hydrogens is 419 g/mol. The molecule has 2 aromatic carbocycles. The van der Waals surface area contributed by atoms with Crippen molar-refractivity contribution in [1.82, 2.24) is 15.6 Å². The van der Waals surface area contributed by atoms with Crippen LogP contribution in [0.4, 0.5) is 13.2 Å². The molecule has 32 heavy (non-hydrogen) atoms. The number of amides is 2. The van der Waals surface area contributed by atoms with Crippen molar-refractivity contribution in [2.75, 3.05) is 6.54 Å². The number of nitrogens with one attached hydrogen (secondary N) is 3. The Balaban J connectivity index is 1.72. The summed E-state index contributed by atoms with van der Waals surface area (Å²) in [5, 5.41) is 5.23. The highest BCUT2D eigenvalue weighted by Gasteiger charge is 2.39. The molecule has 3 aromatic rings. The zero-order chi connectivity index (χ0) is 22.7. The first kappa shape index (κ1) is 21.7. The van der Waals surface area contributed by atoms with E-state index in [-0.39, 0.29) is 30.0 Å². The predicted octanol–water partition coefficient (Wildman–Crippen LogP) is 4.30. The van der Waals surface area contributed by atoms with Crippen LogP contribution in [0.3, 0.4) is 0 Å². The molecule has 1 atom stereocenters. The van der Waals surface area contributed by atoms with Crippen molar-refractivity contribution in [2.45, 2.75) is 31.5 Å². The van der Waals surface area contributed by atoms with Crippen LogP contribution in [0, 0.1) is 0 Å². The van der Waals surface area contributed by atoms with Gasteiger partial charge in [0.2, 0.25) is 11.8 Å². The first-order chi connectivity index (χ1) is 15.3. The van der Waals surface area contributed by atoms with E-state index in [0.717, 1.165) is 0 Å². The average molecular weight is 441 g/mol. The Morgan fingerprint density at radius 1 is 0.969 bits per heavy atom. The molecule has 1 unspecified atom stereocenters. The summed E-state index contributed by atoms with van der Waals surface area (Å²) < 4.78 is 42.8. The van der Waals surface area contributed by atoms with Crippen LogP contribution in [-0.4, -0.2) is 29.4 Å². The Morgan fingerprint density at radius 2 is 1.56 bits per heavy atom. The summed E-state index contributed by atoms with van der Waals surface area (Å²) in [5.74, 6) is -0.728. The van der Waals surface area contributed by atoms with E-state index < -0.39 is 23.7 Å². The highest BCUT2D eigenvalue weighted by Crippen LogP contribution is 2.43. The highest BCUT2D eigenvalue weighted by atomic mass is 19.4. The highest BCUT2D eigenvalue weighted by molar-refractivity contribution is 5.89. The number of hydrogen-bond donors (Lipinski definition) is 3. The third kappa shape index (κ3) is 4.54. The van der Waals surface area contributed by atoms with Crippen LogP contribution in [0.25, 0.3) is 22.5 Å². The number of rotatable bonds is 6. The topological polar surface area (TPSA) is 74.0 Å². The first-order valence-electron chi connectivity index (χ1n) is 10.3. The van der Waals surface area contributed by atoms with E-state index in [1.165, 1.54) is 0 Å². The smallest absolute Gasteiger partial charge is 0.354 e. The Bertz CT molecular complexity index is 1110. The zero-order valence-electron chi connectivity index (χ0n) is 17.1. The lowest BCUT2D eigenvalue weighted by atomic mass is 9.97. The van der Waals surface area contributed by atoms with Crippen molar-refractivity contribution in [3.05, 3.63) is 71.8 Å². The van der Waals surface area contributed by atoms with Gasteiger partial charge in [-0.05, 0) is 29.5 Å². The third-order valence-corrected chi connectivity index (χ3v) is 5.50. The van der Waals surface area contributed by atoms with E-state index in [0.29, 0.717) is 29.8 Å². The Morgan fingerprint density at radius 3 is 2.09 bits per heavy atom. The van der Waals surface area contributed by atoms with Gasteiger partial charge in [0.05, 0.1) is 11.3 Å². The maximum absolute atomic E-state index is 14.3. The van der Waals surface area contributed by atoms with Gasteiger partial charge in [-0.2, -0.15) is 13.2 Å². The summed E-state index contributed by atoms with van der Waals surface area (Å²) in [6.45, 7) is 0.471. The molecule has 2 heterocycles. The Labute approximate surface area is 183 Å². The molecule has 0 radical (unpaired) electrons. The van der Waals surface area contributed by atoms with E-state index in [1.807, 2.05) is 0 Å². The molecule has 0 saturated carbocycles. The molecule has 3 N–H and O–H groups in total. The molecule has 1 aliphatic heterocycles. The van der Waals surface area contributed by atoms with Gasteiger partial charge in [-0.25, -0.2) is 0 Å². The fourth-order valence-electron chi connectivity index (χ4n) is 4.01. The number of H-pyrrole nitrogens is 1. The predicted molar refractivity (Wildman–Crippen MR) is 115 cm³/mol. The van der Waals surface area contributed by atoms with Gasteiger partial charge in [0, 0.05) is 18.7 Å². The molecule has 1 aromatic heterocycles. The Hall–Kier alpha value is -3.55. The van der Waals surface area contributed by atoms with Crippen molar-refractivity contribution in [3.8, 4) is 22.5 Å². The second-order valence-electron chi connectivity index (χ2n) is 7.66. The lowest BCUT2D eigenvalue weighted by Crippen LogP contribution is -2.40. The largest absolute Gasteiger partial charge is 0.418 e. The minimum atomic E-state index is -4.62. The van der Waals surface area contributed by atoms with E-state index in [9.17, 15) is 22.8 Å². The molecule has 0 bridgehead atoms. The minimum absolute atomic E-state index is 0.0254. The monoisotopic (exact) mass is 441 g/mol. The summed E-state index contributed by atoms with van der Waals surface area (Å²) in [7, 11) is 0. The molecule has 1 aliphatic rings. The fourth-order valence-corrected chi connectivity index (χ4v) is 4.01. The van der Waals surface area contributed by atoms with Gasteiger partial charge < -0.3 is 15.6 Å². The van der Waals surface area contributed by atoms with Crippen molar-refractivity contribution >= 4 is 11.8 Å². The van der Waals surface area contributed by atoms with Gasteiger partial charge in [0.1, 0.15) is 6.04 Å². The molecule has 0 spiro atoms. The number of halogens is 3. The van der Waals surface area contributed by atoms with E-state index >= 15 is 0 Å². The fraction of sp³-hybridized carbons (Fsp3) is 0.250. The average Bonchev–Trinajstić information content (AvgIpc) is 3.37. The second-order valence-corrected chi connectivity index (χ2v) is 7.66. The van der Waals surface area contributed by atoms with Crippen LogP contribution in [0.15, 0.2) is 60.7 Å². The van der Waals surface area contributed by atoms with E-state index in [2.05, 4.69) is 15.6 Å². The van der Waals surface area contributed by atoms with Gasteiger partial charge >= 0.3 is 6.18 Å². The molecule has 4 rings (SSSR count). The number of alkyl halides is 3. The number of carbonyl (C=O) groups excluding carboxylic acids is 2. The molecule has 2 amide bonds. The van der Waals surface area contributed by atoms with Crippen LogP contribution in [-0.2, 0) is 22.2 Å². The van der Waals surface area contributed by atoms with Gasteiger partial charge in [0.25, 0.3) is 0 Å². The van der Waals surface area contributed by atoms with Crippen molar-refractivity contribution in [3.63, 3.8) is 0 Å². The number of benzene rings is 2. The first-order valence-corrected chi connectivity index (χ1v) is 10.3. The number of carbonyl (C=O) groups is 2. The maximum atomic E-state index is 14.3. The molecule has 166 valence electrons. The molecule has 0 aliphatic carbocycles. The number of hydrogen-bond acceptors (Lipinski definition) is 2. The van der Waals surface area contributed by atoms with E-state index in [1.54, 1.807) is 60.7 Å². The van der Waals surface area contributed by atoms with E-state index in [4.69, 9.17) is 0 Å². The zero-order valence-corrected chi connectivity index (χ0v) is 17.1. The summed E-state index contributed by atoms with van der Waals surface area (Å²) in [6.07, 6.45) is -4.44. The van der Waals surface area contributed by atoms with Crippen molar-refractivity contribution in [1.29, 1.82) is 0 Å². The van der Waals surface area contributed by atoms with Crippen molar-refractivity contribution < 1.29 is 22.8 Å². The molecule has 1 fully saturated rings. The summed E-state index contributed by atoms with van der Waals surface area (Å²) in [5.41, 5.74) is 0.592. The maximum Gasteiger partial charge on any atom is 0.418 e. The standard InChI is InChI=1S/C24H22F3N3O2/c25-24(26,27)20-17(11-12-19(31)29-18-13-14-28-23(18)32)21(15-7-3-1-4-8-15)30-22(20)16-9-5-2-6-10-16/h1-10,18,30H,11-14H2,(H,28,32)(H,29,31). The summed E-state index contributed by atoms with van der Waals surface area (Å²) >= 11 is 0. The molecule has 1 saturated heterocycles. The van der Waals surface area contributed by atoms with Crippen molar-refractivity contribution in [2.24, 2.45) is 0 Å². The second kappa shape index (κ2) is 8.90. The minimum Gasteiger partial charge on any atom is -0.354 e. The van der Waals surface area contributed by atoms with Crippen LogP contribution >= 0.6 is 0 Å². The normalized spacial score (nSPS) is 16.1. The van der Waals surface area contributed by atoms with Gasteiger partial charge in [-0.1, -0.05) is 60.7 Å². The summed E-state index contributed by atoms with van der Waals surface area (Å²) in [4.78, 5) is 27.1. The lowest BCUT2D eigenvalue weighted by Gasteiger charge is -2.13. The molecule has 8 heteroatoms. The lowest BCUT2D eigenvalue weighted by molar-refractivity contribution is -0.137. The molecular formula is C24H22F3N3O2. The molecule has 5 nitrogen and oxygen atoms in total. The quantitative estimate of drug-likeness (QED) is 0.534. The Kier molecular flexibility index (Phi) is 6.03.